The molecule has 1 aromatic heterocycles. The van der Waals surface area contributed by atoms with Gasteiger partial charge < -0.3 is 0 Å². The van der Waals surface area contributed by atoms with Gasteiger partial charge in [0.2, 0.25) is 5.91 Å². The number of nitrogens with zero attached hydrogens (tertiary/aromatic N) is 3. The molecule has 0 bridgehead atoms. The van der Waals surface area contributed by atoms with E-state index in [1.165, 1.54) is 18.3 Å². The van der Waals surface area contributed by atoms with Crippen LogP contribution in [-0.4, -0.2) is 21.9 Å². The minimum absolute atomic E-state index is 0.0894. The highest BCUT2D eigenvalue weighted by Crippen LogP contribution is 2.23. The molecule has 8 heteroatoms. The molecule has 0 fully saturated rings. The first kappa shape index (κ1) is 19.1. The minimum Gasteiger partial charge on any atom is -0.273 e. The third kappa shape index (κ3) is 4.72. The molecule has 0 aliphatic rings. The summed E-state index contributed by atoms with van der Waals surface area (Å²) in [6.45, 7) is 1.79. The van der Waals surface area contributed by atoms with Crippen molar-refractivity contribution in [3.05, 3.63) is 81.3 Å². The molecule has 2 aromatic carbocycles. The van der Waals surface area contributed by atoms with Crippen molar-refractivity contribution in [2.75, 3.05) is 0 Å². The summed E-state index contributed by atoms with van der Waals surface area (Å²) in [6.07, 6.45) is 1.53. The van der Waals surface area contributed by atoms with Gasteiger partial charge >= 0.3 is 0 Å². The molecular formula is C19H15Cl2FN4O. The molecule has 1 amide bonds. The van der Waals surface area contributed by atoms with E-state index >= 15 is 0 Å². The Balaban J connectivity index is 1.70. The standard InChI is InChI=1S/C19H15Cl2FN4O/c1-12-17(19(21)26(25-12)16-4-2-3-14(20)10-16)11-23-24-18(27)9-13-5-7-15(22)8-6-13/h2-8,10-11H,9H2,1H3,(H,24,27)/b23-11+. The van der Waals surface area contributed by atoms with Crippen LogP contribution in [0.1, 0.15) is 16.8 Å². The van der Waals surface area contributed by atoms with Gasteiger partial charge in [-0.3, -0.25) is 4.79 Å². The Bertz CT molecular complexity index is 999. The summed E-state index contributed by atoms with van der Waals surface area (Å²) >= 11 is 12.4. The zero-order valence-electron chi connectivity index (χ0n) is 14.3. The molecule has 0 saturated carbocycles. The fourth-order valence-electron chi connectivity index (χ4n) is 2.43. The summed E-state index contributed by atoms with van der Waals surface area (Å²) in [6, 6.07) is 12.8. The first-order chi connectivity index (χ1) is 12.9. The second-order valence-electron chi connectivity index (χ2n) is 5.78. The number of carbonyl (C=O) groups is 1. The van der Waals surface area contributed by atoms with Crippen LogP contribution in [0.5, 0.6) is 0 Å². The number of carbonyl (C=O) groups excluding carboxylic acids is 1. The number of rotatable bonds is 5. The Morgan fingerprint density at radius 1 is 1.26 bits per heavy atom. The van der Waals surface area contributed by atoms with Gasteiger partial charge in [0, 0.05) is 5.02 Å². The Hall–Kier alpha value is -2.70. The summed E-state index contributed by atoms with van der Waals surface area (Å²) in [5.41, 5.74) is 5.06. The molecule has 0 spiro atoms. The van der Waals surface area contributed by atoms with Crippen LogP contribution < -0.4 is 5.43 Å². The summed E-state index contributed by atoms with van der Waals surface area (Å²) in [5.74, 6) is -0.673. The van der Waals surface area contributed by atoms with E-state index in [1.807, 2.05) is 6.07 Å². The average Bonchev–Trinajstić information content (AvgIpc) is 2.92. The lowest BCUT2D eigenvalue weighted by molar-refractivity contribution is -0.120. The average molecular weight is 405 g/mol. The molecule has 5 nitrogen and oxygen atoms in total. The lowest BCUT2D eigenvalue weighted by Crippen LogP contribution is -2.19. The second kappa shape index (κ2) is 8.33. The summed E-state index contributed by atoms with van der Waals surface area (Å²) in [4.78, 5) is 11.9. The largest absolute Gasteiger partial charge is 0.273 e. The van der Waals surface area contributed by atoms with E-state index in [1.54, 1.807) is 41.9 Å². The van der Waals surface area contributed by atoms with E-state index in [0.29, 0.717) is 27.0 Å². The zero-order chi connectivity index (χ0) is 19.4. The van der Waals surface area contributed by atoms with Crippen LogP contribution in [0.2, 0.25) is 10.2 Å². The smallest absolute Gasteiger partial charge is 0.244 e. The quantitative estimate of drug-likeness (QED) is 0.508. The SMILES string of the molecule is Cc1nn(-c2cccc(Cl)c2)c(Cl)c1/C=N/NC(=O)Cc1ccc(F)cc1. The summed E-state index contributed by atoms with van der Waals surface area (Å²) in [5, 5.41) is 9.24. The van der Waals surface area contributed by atoms with Crippen LogP contribution in [0.15, 0.2) is 53.6 Å². The Kier molecular flexibility index (Phi) is 5.88. The number of aryl methyl sites for hydroxylation is 1. The van der Waals surface area contributed by atoms with Crippen molar-refractivity contribution >= 4 is 35.3 Å². The van der Waals surface area contributed by atoms with Crippen molar-refractivity contribution in [2.45, 2.75) is 13.3 Å². The normalized spacial score (nSPS) is 11.1. The molecule has 0 atom stereocenters. The zero-order valence-corrected chi connectivity index (χ0v) is 15.8. The van der Waals surface area contributed by atoms with Crippen molar-refractivity contribution in [2.24, 2.45) is 5.10 Å². The predicted octanol–water partition coefficient (Wildman–Crippen LogP) is 4.32. The van der Waals surface area contributed by atoms with Gasteiger partial charge in [-0.15, -0.1) is 0 Å². The van der Waals surface area contributed by atoms with E-state index in [2.05, 4.69) is 15.6 Å². The Morgan fingerprint density at radius 2 is 2.00 bits per heavy atom. The number of hydrogen-bond donors (Lipinski definition) is 1. The monoisotopic (exact) mass is 404 g/mol. The highest BCUT2D eigenvalue weighted by molar-refractivity contribution is 6.32. The fraction of sp³-hybridized carbons (Fsp3) is 0.105. The molecule has 0 aliphatic heterocycles. The van der Waals surface area contributed by atoms with Crippen LogP contribution in [0.4, 0.5) is 4.39 Å². The number of hydrogen-bond acceptors (Lipinski definition) is 3. The highest BCUT2D eigenvalue weighted by atomic mass is 35.5. The van der Waals surface area contributed by atoms with Crippen molar-refractivity contribution in [3.8, 4) is 5.69 Å². The number of hydrazone groups is 1. The Morgan fingerprint density at radius 3 is 2.70 bits per heavy atom. The van der Waals surface area contributed by atoms with E-state index in [9.17, 15) is 9.18 Å². The van der Waals surface area contributed by atoms with Crippen molar-refractivity contribution in [3.63, 3.8) is 0 Å². The molecule has 3 rings (SSSR count). The van der Waals surface area contributed by atoms with Crippen LogP contribution in [0.25, 0.3) is 5.69 Å². The molecule has 0 saturated heterocycles. The van der Waals surface area contributed by atoms with Crippen LogP contribution >= 0.6 is 23.2 Å². The molecule has 3 aromatic rings. The van der Waals surface area contributed by atoms with E-state index < -0.39 is 0 Å². The third-order valence-corrected chi connectivity index (χ3v) is 4.36. The predicted molar refractivity (Wildman–Crippen MR) is 104 cm³/mol. The summed E-state index contributed by atoms with van der Waals surface area (Å²) in [7, 11) is 0. The number of benzene rings is 2. The van der Waals surface area contributed by atoms with Gasteiger partial charge in [0.15, 0.2) is 0 Å². The van der Waals surface area contributed by atoms with Crippen LogP contribution in [0, 0.1) is 12.7 Å². The molecule has 1 heterocycles. The third-order valence-electron chi connectivity index (χ3n) is 3.76. The molecule has 138 valence electrons. The number of aromatic nitrogens is 2. The fourth-order valence-corrected chi connectivity index (χ4v) is 2.94. The maximum Gasteiger partial charge on any atom is 0.244 e. The topological polar surface area (TPSA) is 59.3 Å². The van der Waals surface area contributed by atoms with E-state index in [-0.39, 0.29) is 18.1 Å². The molecule has 1 N–H and O–H groups in total. The second-order valence-corrected chi connectivity index (χ2v) is 6.57. The molecule has 0 radical (unpaired) electrons. The van der Waals surface area contributed by atoms with Crippen molar-refractivity contribution < 1.29 is 9.18 Å². The minimum atomic E-state index is -0.348. The Labute approximate surface area is 165 Å². The van der Waals surface area contributed by atoms with Gasteiger partial charge in [-0.1, -0.05) is 41.4 Å². The first-order valence-electron chi connectivity index (χ1n) is 8.01. The molecule has 0 aliphatic carbocycles. The lowest BCUT2D eigenvalue weighted by atomic mass is 10.1. The maximum atomic E-state index is 12.9. The lowest BCUT2D eigenvalue weighted by Gasteiger charge is -2.03. The van der Waals surface area contributed by atoms with Crippen molar-refractivity contribution in [1.82, 2.24) is 15.2 Å². The van der Waals surface area contributed by atoms with Gasteiger partial charge in [-0.25, -0.2) is 14.5 Å². The maximum absolute atomic E-state index is 12.9. The molecule has 27 heavy (non-hydrogen) atoms. The van der Waals surface area contributed by atoms with Gasteiger partial charge in [-0.2, -0.15) is 10.2 Å². The molecular weight excluding hydrogens is 390 g/mol. The molecule has 0 unspecified atom stereocenters. The van der Waals surface area contributed by atoms with E-state index in [0.717, 1.165) is 5.69 Å². The van der Waals surface area contributed by atoms with E-state index in [4.69, 9.17) is 23.2 Å². The summed E-state index contributed by atoms with van der Waals surface area (Å²) < 4.78 is 14.4. The van der Waals surface area contributed by atoms with Gasteiger partial charge in [0.1, 0.15) is 11.0 Å². The van der Waals surface area contributed by atoms with Crippen LogP contribution in [-0.2, 0) is 11.2 Å². The van der Waals surface area contributed by atoms with Crippen molar-refractivity contribution in [1.29, 1.82) is 0 Å². The number of amides is 1. The van der Waals surface area contributed by atoms with Gasteiger partial charge in [0.25, 0.3) is 0 Å². The number of nitrogens with one attached hydrogen (secondary N) is 1. The highest BCUT2D eigenvalue weighted by Gasteiger charge is 2.13. The van der Waals surface area contributed by atoms with Gasteiger partial charge in [-0.05, 0) is 42.8 Å². The first-order valence-corrected chi connectivity index (χ1v) is 8.77. The van der Waals surface area contributed by atoms with Gasteiger partial charge in [0.05, 0.1) is 29.6 Å². The number of halogens is 3. The van der Waals surface area contributed by atoms with Crippen LogP contribution in [0.3, 0.4) is 0 Å².